The van der Waals surface area contributed by atoms with Crippen molar-refractivity contribution in [2.24, 2.45) is 0 Å². The molecule has 0 saturated heterocycles. The highest BCUT2D eigenvalue weighted by Crippen LogP contribution is 2.27. The van der Waals surface area contributed by atoms with Crippen molar-refractivity contribution < 1.29 is 18.8 Å². The highest BCUT2D eigenvalue weighted by Gasteiger charge is 2.16. The number of para-hydroxylation sites is 1. The second-order valence-electron chi connectivity index (χ2n) is 6.83. The molecule has 0 saturated carbocycles. The molecule has 10 nitrogen and oxygen atoms in total. The molecule has 0 radical (unpaired) electrons. The Morgan fingerprint density at radius 1 is 1.19 bits per heavy atom. The van der Waals surface area contributed by atoms with Crippen LogP contribution in [0.4, 0.5) is 0 Å². The van der Waals surface area contributed by atoms with Crippen LogP contribution in [0, 0.1) is 13.8 Å². The van der Waals surface area contributed by atoms with Gasteiger partial charge in [0.2, 0.25) is 5.82 Å². The van der Waals surface area contributed by atoms with Crippen molar-refractivity contribution in [1.29, 1.82) is 0 Å². The second kappa shape index (κ2) is 8.90. The van der Waals surface area contributed by atoms with Crippen LogP contribution in [0.25, 0.3) is 17.2 Å². The van der Waals surface area contributed by atoms with Crippen molar-refractivity contribution in [3.8, 4) is 17.1 Å². The number of aromatic nitrogens is 6. The Kier molecular flexibility index (Phi) is 5.87. The minimum atomic E-state index is -0.369. The van der Waals surface area contributed by atoms with Crippen LogP contribution in [0.1, 0.15) is 36.2 Å². The maximum atomic E-state index is 12.3. The number of esters is 1. The van der Waals surface area contributed by atoms with Gasteiger partial charge in [-0.05, 0) is 44.9 Å². The van der Waals surface area contributed by atoms with Crippen LogP contribution < -0.4 is 4.74 Å². The first-order chi connectivity index (χ1) is 15.1. The van der Waals surface area contributed by atoms with E-state index in [1.165, 1.54) is 6.33 Å². The van der Waals surface area contributed by atoms with Crippen molar-refractivity contribution in [1.82, 2.24) is 29.7 Å². The molecule has 0 N–H and O–H groups in total. The topological polar surface area (TPSA) is 118 Å². The zero-order valence-corrected chi connectivity index (χ0v) is 17.5. The second-order valence-corrected chi connectivity index (χ2v) is 6.83. The van der Waals surface area contributed by atoms with E-state index in [2.05, 4.69) is 25.2 Å². The molecule has 0 unspecified atom stereocenters. The van der Waals surface area contributed by atoms with E-state index >= 15 is 0 Å². The molecule has 10 heteroatoms. The van der Waals surface area contributed by atoms with Crippen LogP contribution in [0.5, 0.6) is 5.75 Å². The summed E-state index contributed by atoms with van der Waals surface area (Å²) in [5.74, 6) is 1.44. The first-order valence-electron chi connectivity index (χ1n) is 9.93. The van der Waals surface area contributed by atoms with Crippen molar-refractivity contribution in [2.75, 3.05) is 6.61 Å². The number of hydrogen-bond donors (Lipinski definition) is 0. The summed E-state index contributed by atoms with van der Waals surface area (Å²) in [6.07, 6.45) is 2.13. The van der Waals surface area contributed by atoms with E-state index in [4.69, 9.17) is 14.0 Å². The minimum absolute atomic E-state index is 0.0963. The van der Waals surface area contributed by atoms with Crippen LogP contribution in [-0.4, -0.2) is 42.3 Å². The van der Waals surface area contributed by atoms with E-state index in [1.54, 1.807) is 4.52 Å². The molecule has 3 heterocycles. The molecule has 3 aromatic heterocycles. The lowest BCUT2D eigenvalue weighted by molar-refractivity contribution is -0.145. The number of nitrogens with zero attached hydrogens (tertiary/aromatic N) is 6. The first-order valence-corrected chi connectivity index (χ1v) is 9.93. The smallest absolute Gasteiger partial charge is 0.306 e. The quantitative estimate of drug-likeness (QED) is 0.395. The summed E-state index contributed by atoms with van der Waals surface area (Å²) >= 11 is 0. The normalized spacial score (nSPS) is 11.1. The van der Waals surface area contributed by atoms with Gasteiger partial charge in [-0.25, -0.2) is 9.50 Å². The maximum absolute atomic E-state index is 12.3. The van der Waals surface area contributed by atoms with Crippen molar-refractivity contribution in [2.45, 2.75) is 40.2 Å². The number of carbonyl (C=O) groups excluding carboxylic acids is 1. The average molecular weight is 422 g/mol. The van der Waals surface area contributed by atoms with E-state index in [1.807, 2.05) is 45.0 Å². The molecule has 4 rings (SSSR count). The Balaban J connectivity index is 1.36. The van der Waals surface area contributed by atoms with Crippen LogP contribution >= 0.6 is 0 Å². The lowest BCUT2D eigenvalue weighted by atomic mass is 10.1. The van der Waals surface area contributed by atoms with Gasteiger partial charge < -0.3 is 14.0 Å². The lowest BCUT2D eigenvalue weighted by Gasteiger charge is -2.09. The molecule has 0 aliphatic heterocycles. The lowest BCUT2D eigenvalue weighted by Crippen LogP contribution is -2.10. The summed E-state index contributed by atoms with van der Waals surface area (Å²) in [4.78, 5) is 25.1. The molecular weight excluding hydrogens is 400 g/mol. The molecule has 0 bridgehead atoms. The van der Waals surface area contributed by atoms with Crippen molar-refractivity contribution in [3.05, 3.63) is 53.4 Å². The summed E-state index contributed by atoms with van der Waals surface area (Å²) in [5.41, 5.74) is 3.39. The zero-order chi connectivity index (χ0) is 21.8. The summed E-state index contributed by atoms with van der Waals surface area (Å²) in [6, 6.07) is 7.42. The molecular formula is C21H22N6O4. The molecule has 1 aromatic carbocycles. The average Bonchev–Trinajstić information content (AvgIpc) is 3.42. The van der Waals surface area contributed by atoms with Gasteiger partial charge in [-0.3, -0.25) is 4.79 Å². The van der Waals surface area contributed by atoms with Crippen LogP contribution in [-0.2, 0) is 22.6 Å². The highest BCUT2D eigenvalue weighted by atomic mass is 16.6. The first kappa shape index (κ1) is 20.5. The van der Waals surface area contributed by atoms with E-state index in [-0.39, 0.29) is 24.9 Å². The van der Waals surface area contributed by atoms with Gasteiger partial charge in [0.25, 0.3) is 11.7 Å². The Hall–Kier alpha value is -3.82. The third kappa shape index (κ3) is 4.37. The minimum Gasteiger partial charge on any atom is -0.493 e. The molecule has 0 spiro atoms. The number of carbonyl (C=O) groups is 1. The van der Waals surface area contributed by atoms with Gasteiger partial charge in [-0.2, -0.15) is 15.1 Å². The van der Waals surface area contributed by atoms with Gasteiger partial charge in [0.05, 0.1) is 12.2 Å². The monoisotopic (exact) mass is 422 g/mol. The maximum Gasteiger partial charge on any atom is 0.306 e. The van der Waals surface area contributed by atoms with Crippen molar-refractivity contribution >= 4 is 11.7 Å². The van der Waals surface area contributed by atoms with Crippen LogP contribution in [0.2, 0.25) is 0 Å². The number of ether oxygens (including phenoxy) is 2. The Bertz CT molecular complexity index is 1220. The fourth-order valence-corrected chi connectivity index (χ4v) is 3.31. The zero-order valence-electron chi connectivity index (χ0n) is 17.5. The number of hydrogen-bond acceptors (Lipinski definition) is 9. The summed E-state index contributed by atoms with van der Waals surface area (Å²) < 4.78 is 17.8. The largest absolute Gasteiger partial charge is 0.493 e. The Morgan fingerprint density at radius 3 is 2.87 bits per heavy atom. The Labute approximate surface area is 178 Å². The third-order valence-electron chi connectivity index (χ3n) is 4.82. The molecule has 4 aromatic rings. The van der Waals surface area contributed by atoms with Crippen LogP contribution in [0.15, 0.2) is 35.1 Å². The number of benzene rings is 1. The molecule has 0 atom stereocenters. The van der Waals surface area contributed by atoms with Gasteiger partial charge in [0.15, 0.2) is 6.61 Å². The SMILES string of the molecule is CCOc1ccccc1-c1noc(COC(=O)CCc2c(C)nc3ncnn3c2C)n1. The molecule has 0 aliphatic carbocycles. The number of aryl methyl sites for hydroxylation is 2. The number of rotatable bonds is 8. The fourth-order valence-electron chi connectivity index (χ4n) is 3.31. The van der Waals surface area contributed by atoms with Gasteiger partial charge in [-0.1, -0.05) is 17.3 Å². The molecule has 160 valence electrons. The highest BCUT2D eigenvalue weighted by molar-refractivity contribution is 5.70. The van der Waals surface area contributed by atoms with Gasteiger partial charge in [0.1, 0.15) is 12.1 Å². The molecule has 0 amide bonds. The van der Waals surface area contributed by atoms with Gasteiger partial charge in [-0.15, -0.1) is 0 Å². The predicted molar refractivity (Wildman–Crippen MR) is 109 cm³/mol. The number of fused-ring (bicyclic) bond motifs is 1. The molecule has 0 fully saturated rings. The van der Waals surface area contributed by atoms with Crippen molar-refractivity contribution in [3.63, 3.8) is 0 Å². The molecule has 0 aliphatic rings. The van der Waals surface area contributed by atoms with Gasteiger partial charge >= 0.3 is 5.97 Å². The fraction of sp³-hybridized carbons (Fsp3) is 0.333. The van der Waals surface area contributed by atoms with Crippen LogP contribution in [0.3, 0.4) is 0 Å². The third-order valence-corrected chi connectivity index (χ3v) is 4.82. The predicted octanol–water partition coefficient (Wildman–Crippen LogP) is 2.87. The van der Waals surface area contributed by atoms with E-state index < -0.39 is 0 Å². The molecule has 31 heavy (non-hydrogen) atoms. The summed E-state index contributed by atoms with van der Waals surface area (Å²) in [5, 5.41) is 8.13. The van der Waals surface area contributed by atoms with E-state index in [9.17, 15) is 4.79 Å². The summed E-state index contributed by atoms with van der Waals surface area (Å²) in [6.45, 7) is 6.15. The summed E-state index contributed by atoms with van der Waals surface area (Å²) in [7, 11) is 0. The van der Waals surface area contributed by atoms with E-state index in [0.29, 0.717) is 35.9 Å². The Morgan fingerprint density at radius 2 is 2.03 bits per heavy atom. The van der Waals surface area contributed by atoms with Gasteiger partial charge in [0, 0.05) is 17.8 Å². The van der Waals surface area contributed by atoms with E-state index in [0.717, 1.165) is 17.0 Å². The standard InChI is InChI=1S/C21H22N6O4/c1-4-29-17-8-6-5-7-16(17)20-25-18(31-26-20)11-30-19(28)10-9-15-13(2)24-21-22-12-23-27(21)14(15)3/h5-8,12H,4,9-11H2,1-3H3.